The monoisotopic (exact) mass is 378 g/mol. The lowest BCUT2D eigenvalue weighted by Crippen LogP contribution is -1.98. The highest BCUT2D eigenvalue weighted by Crippen LogP contribution is 2.24. The molecule has 0 unspecified atom stereocenters. The van der Waals surface area contributed by atoms with Gasteiger partial charge in [-0.15, -0.1) is 0 Å². The van der Waals surface area contributed by atoms with Gasteiger partial charge in [0.15, 0.2) is 5.13 Å². The van der Waals surface area contributed by atoms with Crippen molar-refractivity contribution in [2.45, 2.75) is 33.6 Å². The minimum Gasteiger partial charge on any atom is -0.316 e. The van der Waals surface area contributed by atoms with Gasteiger partial charge in [0.05, 0.1) is 5.69 Å². The number of aromatic nitrogens is 3. The first-order valence-corrected chi connectivity index (χ1v) is 9.80. The van der Waals surface area contributed by atoms with Crippen LogP contribution >= 0.6 is 11.3 Å². The van der Waals surface area contributed by atoms with Gasteiger partial charge in [-0.3, -0.25) is 0 Å². The molecule has 2 aromatic rings. The van der Waals surface area contributed by atoms with Crippen molar-refractivity contribution in [1.82, 2.24) is 15.0 Å². The molecule has 0 atom stereocenters. The van der Waals surface area contributed by atoms with Crippen LogP contribution in [-0.4, -0.2) is 15.0 Å². The number of nitrogens with zero attached hydrogens (tertiary/aromatic N) is 3. The Labute approximate surface area is 165 Å². The molecule has 1 N–H and O–H groups in total. The van der Waals surface area contributed by atoms with E-state index in [1.165, 1.54) is 5.57 Å². The van der Waals surface area contributed by atoms with Crippen LogP contribution in [-0.2, 0) is 6.42 Å². The zero-order chi connectivity index (χ0) is 19.5. The first kappa shape index (κ1) is 20.5. The highest BCUT2D eigenvalue weighted by molar-refractivity contribution is 7.16. The van der Waals surface area contributed by atoms with Crippen LogP contribution < -0.4 is 5.32 Å². The van der Waals surface area contributed by atoms with Gasteiger partial charge < -0.3 is 5.32 Å². The summed E-state index contributed by atoms with van der Waals surface area (Å²) in [6, 6.07) is 1.93. The molecule has 0 fully saturated rings. The molecule has 0 bridgehead atoms. The SMILES string of the molecule is C=C(/C=C\C=C/C)Cc1cc(Nc2ncc(/C=C(\C=C/C)CC)s2)ncn1. The van der Waals surface area contributed by atoms with Gasteiger partial charge in [0.2, 0.25) is 0 Å². The molecule has 4 nitrogen and oxygen atoms in total. The van der Waals surface area contributed by atoms with Crippen molar-refractivity contribution >= 4 is 28.4 Å². The quantitative estimate of drug-likeness (QED) is 0.522. The first-order valence-electron chi connectivity index (χ1n) is 8.98. The third kappa shape index (κ3) is 7.15. The van der Waals surface area contributed by atoms with Gasteiger partial charge in [0.1, 0.15) is 12.1 Å². The van der Waals surface area contributed by atoms with Crippen LogP contribution in [0.15, 0.2) is 72.8 Å². The molecule has 27 heavy (non-hydrogen) atoms. The maximum atomic E-state index is 4.44. The second kappa shape index (κ2) is 11.0. The lowest BCUT2D eigenvalue weighted by atomic mass is 10.1. The van der Waals surface area contributed by atoms with Gasteiger partial charge in [0.25, 0.3) is 0 Å². The molecule has 140 valence electrons. The summed E-state index contributed by atoms with van der Waals surface area (Å²) in [6.07, 6.45) is 19.4. The largest absolute Gasteiger partial charge is 0.316 e. The van der Waals surface area contributed by atoms with Crippen molar-refractivity contribution < 1.29 is 0 Å². The van der Waals surface area contributed by atoms with E-state index in [0.29, 0.717) is 6.42 Å². The van der Waals surface area contributed by atoms with Crippen molar-refractivity contribution in [2.75, 3.05) is 5.32 Å². The summed E-state index contributed by atoms with van der Waals surface area (Å²) in [4.78, 5) is 14.2. The molecule has 5 heteroatoms. The van der Waals surface area contributed by atoms with E-state index in [2.05, 4.69) is 52.0 Å². The molecule has 0 aliphatic heterocycles. The Hall–Kier alpha value is -2.79. The molecule has 0 saturated heterocycles. The first-order chi connectivity index (χ1) is 13.1. The Kier molecular flexibility index (Phi) is 8.39. The summed E-state index contributed by atoms with van der Waals surface area (Å²) >= 11 is 1.60. The summed E-state index contributed by atoms with van der Waals surface area (Å²) in [7, 11) is 0. The molecule has 0 aromatic carbocycles. The molecule has 0 aliphatic rings. The van der Waals surface area contributed by atoms with E-state index in [0.717, 1.165) is 33.5 Å². The number of hydrogen-bond acceptors (Lipinski definition) is 5. The fraction of sp³-hybridized carbons (Fsp3) is 0.227. The maximum absolute atomic E-state index is 4.44. The second-order valence-electron chi connectivity index (χ2n) is 5.88. The van der Waals surface area contributed by atoms with Gasteiger partial charge in [-0.05, 0) is 37.5 Å². The summed E-state index contributed by atoms with van der Waals surface area (Å²) in [5.41, 5.74) is 3.19. The Bertz CT molecular complexity index is 872. The van der Waals surface area contributed by atoms with Gasteiger partial charge in [0, 0.05) is 23.6 Å². The van der Waals surface area contributed by atoms with Crippen LogP contribution in [0.4, 0.5) is 10.9 Å². The predicted octanol–water partition coefficient (Wildman–Crippen LogP) is 6.28. The average molecular weight is 379 g/mol. The van der Waals surface area contributed by atoms with Gasteiger partial charge in [-0.1, -0.05) is 61.3 Å². The number of rotatable bonds is 9. The second-order valence-corrected chi connectivity index (χ2v) is 6.94. The van der Waals surface area contributed by atoms with Crippen LogP contribution in [0.3, 0.4) is 0 Å². The van der Waals surface area contributed by atoms with Crippen LogP contribution in [0.5, 0.6) is 0 Å². The highest BCUT2D eigenvalue weighted by Gasteiger charge is 2.04. The van der Waals surface area contributed by atoms with E-state index in [-0.39, 0.29) is 0 Å². The fourth-order valence-electron chi connectivity index (χ4n) is 2.34. The molecule has 0 amide bonds. The zero-order valence-electron chi connectivity index (χ0n) is 16.1. The Morgan fingerprint density at radius 3 is 2.74 bits per heavy atom. The molecule has 0 aliphatic carbocycles. The smallest absolute Gasteiger partial charge is 0.188 e. The Morgan fingerprint density at radius 1 is 1.15 bits per heavy atom. The normalized spacial score (nSPS) is 12.5. The van der Waals surface area contributed by atoms with E-state index in [1.54, 1.807) is 17.7 Å². The molecular weight excluding hydrogens is 352 g/mol. The summed E-state index contributed by atoms with van der Waals surface area (Å²) in [6.45, 7) is 10.2. The van der Waals surface area contributed by atoms with Crippen LogP contribution in [0.1, 0.15) is 37.8 Å². The van der Waals surface area contributed by atoms with E-state index in [1.807, 2.05) is 50.4 Å². The predicted molar refractivity (Wildman–Crippen MR) is 117 cm³/mol. The minimum absolute atomic E-state index is 0.681. The van der Waals surface area contributed by atoms with E-state index < -0.39 is 0 Å². The van der Waals surface area contributed by atoms with Crippen molar-refractivity contribution in [1.29, 1.82) is 0 Å². The van der Waals surface area contributed by atoms with Crippen molar-refractivity contribution in [3.05, 3.63) is 83.3 Å². The van der Waals surface area contributed by atoms with E-state index in [9.17, 15) is 0 Å². The number of allylic oxidation sites excluding steroid dienone is 8. The van der Waals surface area contributed by atoms with Crippen LogP contribution in [0, 0.1) is 0 Å². The Morgan fingerprint density at radius 2 is 2.00 bits per heavy atom. The lowest BCUT2D eigenvalue weighted by molar-refractivity contribution is 1.03. The minimum atomic E-state index is 0.681. The van der Waals surface area contributed by atoms with E-state index >= 15 is 0 Å². The molecule has 2 rings (SSSR count). The molecular formula is C22H26N4S. The molecule has 0 saturated carbocycles. The number of nitrogens with one attached hydrogen (secondary N) is 1. The Balaban J connectivity index is 2.05. The molecule has 2 aromatic heterocycles. The average Bonchev–Trinajstić information content (AvgIpc) is 3.08. The standard InChI is InChI=1S/C22H26N4S/c1-5-8-9-11-17(4)12-19-14-21(25-16-24-19)26-22-23-15-20(27-22)13-18(7-3)10-6-2/h5-6,8-11,13-16H,4,7,12H2,1-3H3,(H,23,24,25,26)/b8-5-,10-6-,11-9-,18-13-. The summed E-state index contributed by atoms with van der Waals surface area (Å²) < 4.78 is 0. The molecule has 0 spiro atoms. The lowest BCUT2D eigenvalue weighted by Gasteiger charge is -2.04. The van der Waals surface area contributed by atoms with Crippen molar-refractivity contribution in [2.24, 2.45) is 0 Å². The van der Waals surface area contributed by atoms with Crippen molar-refractivity contribution in [3.8, 4) is 0 Å². The van der Waals surface area contributed by atoms with Gasteiger partial charge in [-0.2, -0.15) is 0 Å². The topological polar surface area (TPSA) is 50.7 Å². The third-order valence-corrected chi connectivity index (χ3v) is 4.50. The summed E-state index contributed by atoms with van der Waals surface area (Å²) in [5, 5.41) is 4.08. The van der Waals surface area contributed by atoms with Gasteiger partial charge >= 0.3 is 0 Å². The van der Waals surface area contributed by atoms with Crippen molar-refractivity contribution in [3.63, 3.8) is 0 Å². The molecule has 2 heterocycles. The zero-order valence-corrected chi connectivity index (χ0v) is 17.0. The van der Waals surface area contributed by atoms with E-state index in [4.69, 9.17) is 0 Å². The summed E-state index contributed by atoms with van der Waals surface area (Å²) in [5.74, 6) is 0.735. The van der Waals surface area contributed by atoms with Gasteiger partial charge in [-0.25, -0.2) is 15.0 Å². The highest BCUT2D eigenvalue weighted by atomic mass is 32.1. The fourth-order valence-corrected chi connectivity index (χ4v) is 3.14. The maximum Gasteiger partial charge on any atom is 0.188 e. The number of thiazole rings is 1. The molecule has 0 radical (unpaired) electrons. The number of hydrogen-bond donors (Lipinski definition) is 1. The van der Waals surface area contributed by atoms with Crippen LogP contribution in [0.25, 0.3) is 6.08 Å². The number of anilines is 2. The van der Waals surface area contributed by atoms with Crippen LogP contribution in [0.2, 0.25) is 0 Å². The third-order valence-electron chi connectivity index (χ3n) is 3.64.